The Morgan fingerprint density at radius 1 is 1.06 bits per heavy atom. The number of fused-ring (bicyclic) bond motifs is 1. The average Bonchev–Trinajstić information content (AvgIpc) is 3.35. The van der Waals surface area contributed by atoms with Gasteiger partial charge in [0.1, 0.15) is 0 Å². The van der Waals surface area contributed by atoms with Crippen LogP contribution >= 0.6 is 0 Å². The molecule has 5 nitrogen and oxygen atoms in total. The van der Waals surface area contributed by atoms with Crippen molar-refractivity contribution in [3.63, 3.8) is 0 Å². The van der Waals surface area contributed by atoms with E-state index in [2.05, 4.69) is 43.1 Å². The van der Waals surface area contributed by atoms with E-state index in [4.69, 9.17) is 0 Å². The summed E-state index contributed by atoms with van der Waals surface area (Å²) < 4.78 is 0. The second-order valence-corrected chi connectivity index (χ2v) is 9.59. The molecule has 2 amide bonds. The van der Waals surface area contributed by atoms with Gasteiger partial charge in [-0.25, -0.2) is 0 Å². The number of rotatable bonds is 6. The van der Waals surface area contributed by atoms with Gasteiger partial charge in [-0.1, -0.05) is 30.3 Å². The van der Waals surface area contributed by atoms with E-state index in [1.165, 1.54) is 5.39 Å². The number of likely N-dealkylation sites (tertiary alicyclic amines) is 1. The Balaban J connectivity index is 1.29. The molecule has 1 atom stereocenters. The minimum atomic E-state index is 0.0663. The van der Waals surface area contributed by atoms with Crippen LogP contribution < -0.4 is 0 Å². The third-order valence-electron chi connectivity index (χ3n) is 6.89. The molecule has 5 rings (SSSR count). The number of amides is 2. The third kappa shape index (κ3) is 4.04. The summed E-state index contributed by atoms with van der Waals surface area (Å²) in [6.07, 6.45) is 5.03. The second-order valence-electron chi connectivity index (χ2n) is 9.59. The van der Waals surface area contributed by atoms with Crippen molar-refractivity contribution in [1.82, 2.24) is 14.8 Å². The summed E-state index contributed by atoms with van der Waals surface area (Å²) >= 11 is 0. The first-order valence-electron chi connectivity index (χ1n) is 11.8. The summed E-state index contributed by atoms with van der Waals surface area (Å²) in [6, 6.07) is 16.4. The van der Waals surface area contributed by atoms with E-state index in [-0.39, 0.29) is 17.9 Å². The number of carbonyl (C=O) groups excluding carboxylic acids is 2. The molecule has 0 spiro atoms. The Morgan fingerprint density at radius 3 is 2.56 bits per heavy atom. The number of hydrogen-bond acceptors (Lipinski definition) is 2. The van der Waals surface area contributed by atoms with Crippen molar-refractivity contribution in [1.29, 1.82) is 0 Å². The smallest absolute Gasteiger partial charge is 0.254 e. The molecule has 2 aromatic carbocycles. The van der Waals surface area contributed by atoms with Gasteiger partial charge in [0, 0.05) is 48.9 Å². The van der Waals surface area contributed by atoms with Gasteiger partial charge in [-0.05, 0) is 68.2 Å². The first kappa shape index (κ1) is 20.8. The molecule has 1 saturated carbocycles. The lowest BCUT2D eigenvalue weighted by Gasteiger charge is -2.30. The lowest BCUT2D eigenvalue weighted by molar-refractivity contribution is -0.131. The Bertz CT molecular complexity index is 1130. The van der Waals surface area contributed by atoms with Gasteiger partial charge in [-0.15, -0.1) is 0 Å². The van der Waals surface area contributed by atoms with Crippen LogP contribution in [0, 0.1) is 11.8 Å². The average molecular weight is 430 g/mol. The molecule has 1 N–H and O–H groups in total. The van der Waals surface area contributed by atoms with Crippen LogP contribution in [0.3, 0.4) is 0 Å². The topological polar surface area (TPSA) is 56.4 Å². The summed E-state index contributed by atoms with van der Waals surface area (Å²) in [5.74, 6) is 1.01. The lowest BCUT2D eigenvalue weighted by atomic mass is 10.0. The predicted molar refractivity (Wildman–Crippen MR) is 127 cm³/mol. The highest BCUT2D eigenvalue weighted by atomic mass is 16.2. The molecule has 2 fully saturated rings. The summed E-state index contributed by atoms with van der Waals surface area (Å²) in [6.45, 7) is 6.46. The maximum Gasteiger partial charge on any atom is 0.254 e. The zero-order valence-electron chi connectivity index (χ0n) is 18.9. The molecule has 32 heavy (non-hydrogen) atoms. The molecular weight excluding hydrogens is 398 g/mol. The number of nitrogens with zero attached hydrogens (tertiary/aromatic N) is 2. The van der Waals surface area contributed by atoms with Crippen LogP contribution in [-0.2, 0) is 4.79 Å². The molecule has 5 heteroatoms. The Labute approximate surface area is 189 Å². The van der Waals surface area contributed by atoms with E-state index in [0.29, 0.717) is 23.9 Å². The molecule has 166 valence electrons. The molecule has 1 unspecified atom stereocenters. The molecule has 2 heterocycles. The largest absolute Gasteiger partial charge is 0.361 e. The highest BCUT2D eigenvalue weighted by Crippen LogP contribution is 2.33. The van der Waals surface area contributed by atoms with E-state index >= 15 is 0 Å². The van der Waals surface area contributed by atoms with E-state index in [0.717, 1.165) is 49.0 Å². The zero-order chi connectivity index (χ0) is 22.2. The van der Waals surface area contributed by atoms with Crippen LogP contribution in [0.2, 0.25) is 0 Å². The predicted octanol–water partition coefficient (Wildman–Crippen LogP) is 4.94. The summed E-state index contributed by atoms with van der Waals surface area (Å²) in [5.41, 5.74) is 4.06. The molecule has 1 aliphatic carbocycles. The fourth-order valence-electron chi connectivity index (χ4n) is 4.86. The number of aromatic nitrogens is 1. The first-order valence-corrected chi connectivity index (χ1v) is 11.8. The van der Waals surface area contributed by atoms with Crippen LogP contribution in [0.4, 0.5) is 0 Å². The quantitative estimate of drug-likeness (QED) is 0.603. The molecule has 0 radical (unpaired) electrons. The molecule has 2 aliphatic rings. The minimum absolute atomic E-state index is 0.0663. The third-order valence-corrected chi connectivity index (χ3v) is 6.89. The molecule has 3 aromatic rings. The van der Waals surface area contributed by atoms with E-state index in [1.807, 2.05) is 40.3 Å². The molecule has 0 bridgehead atoms. The number of para-hydroxylation sites is 1. The Kier molecular flexibility index (Phi) is 5.50. The van der Waals surface area contributed by atoms with Crippen LogP contribution in [0.1, 0.15) is 43.5 Å². The van der Waals surface area contributed by atoms with Crippen molar-refractivity contribution in [2.24, 2.45) is 11.8 Å². The summed E-state index contributed by atoms with van der Waals surface area (Å²) in [4.78, 5) is 33.1. The minimum Gasteiger partial charge on any atom is -0.361 e. The first-order chi connectivity index (χ1) is 15.5. The molecular formula is C27H31N3O2. The number of carbonyl (C=O) groups is 2. The molecule has 1 saturated heterocycles. The van der Waals surface area contributed by atoms with Gasteiger partial charge in [0.2, 0.25) is 5.91 Å². The monoisotopic (exact) mass is 429 g/mol. The summed E-state index contributed by atoms with van der Waals surface area (Å²) in [5, 5.41) is 1.18. The highest BCUT2D eigenvalue weighted by molar-refractivity contribution is 5.97. The van der Waals surface area contributed by atoms with Gasteiger partial charge in [-0.3, -0.25) is 9.59 Å². The van der Waals surface area contributed by atoms with Gasteiger partial charge in [0.05, 0.1) is 5.52 Å². The van der Waals surface area contributed by atoms with Crippen molar-refractivity contribution in [3.05, 3.63) is 60.3 Å². The van der Waals surface area contributed by atoms with Gasteiger partial charge >= 0.3 is 0 Å². The summed E-state index contributed by atoms with van der Waals surface area (Å²) in [7, 11) is 0. The van der Waals surface area contributed by atoms with E-state index in [9.17, 15) is 9.59 Å². The number of hydrogen-bond donors (Lipinski definition) is 1. The standard InChI is InChI=1S/C27H31N3O2/c1-18(2)30(17-19-13-15-29(16-19)26(31)22-10-11-22)27(32)23-8-6-20(7-9-23)24-5-3-4-21-12-14-28-25(21)24/h3-9,12,14,18-19,22,28H,10-11,13,15-17H2,1-2H3. The highest BCUT2D eigenvalue weighted by Gasteiger charge is 2.37. The van der Waals surface area contributed by atoms with Crippen LogP contribution in [-0.4, -0.2) is 52.3 Å². The van der Waals surface area contributed by atoms with Crippen molar-refractivity contribution in [2.45, 2.75) is 39.2 Å². The number of benzene rings is 2. The Hall–Kier alpha value is -3.08. The van der Waals surface area contributed by atoms with E-state index < -0.39 is 0 Å². The van der Waals surface area contributed by atoms with Gasteiger partial charge < -0.3 is 14.8 Å². The van der Waals surface area contributed by atoms with Crippen molar-refractivity contribution >= 4 is 22.7 Å². The van der Waals surface area contributed by atoms with Crippen molar-refractivity contribution < 1.29 is 9.59 Å². The zero-order valence-corrected chi connectivity index (χ0v) is 18.9. The molecule has 1 aromatic heterocycles. The maximum absolute atomic E-state index is 13.4. The second kappa shape index (κ2) is 8.45. The fourth-order valence-corrected chi connectivity index (χ4v) is 4.86. The normalized spacial score (nSPS) is 18.5. The van der Waals surface area contributed by atoms with Crippen LogP contribution in [0.5, 0.6) is 0 Å². The Morgan fingerprint density at radius 2 is 1.84 bits per heavy atom. The lowest BCUT2D eigenvalue weighted by Crippen LogP contribution is -2.41. The number of H-pyrrole nitrogens is 1. The molecule has 1 aliphatic heterocycles. The van der Waals surface area contributed by atoms with Gasteiger partial charge in [0.25, 0.3) is 5.91 Å². The van der Waals surface area contributed by atoms with E-state index in [1.54, 1.807) is 0 Å². The maximum atomic E-state index is 13.4. The van der Waals surface area contributed by atoms with Crippen LogP contribution in [0.15, 0.2) is 54.7 Å². The van der Waals surface area contributed by atoms with Crippen molar-refractivity contribution in [2.75, 3.05) is 19.6 Å². The van der Waals surface area contributed by atoms with Gasteiger partial charge in [0.15, 0.2) is 0 Å². The fraction of sp³-hybridized carbons (Fsp3) is 0.407. The number of aromatic amines is 1. The van der Waals surface area contributed by atoms with Crippen LogP contribution in [0.25, 0.3) is 22.0 Å². The van der Waals surface area contributed by atoms with Crippen molar-refractivity contribution in [3.8, 4) is 11.1 Å². The number of nitrogens with one attached hydrogen (secondary N) is 1. The van der Waals surface area contributed by atoms with Gasteiger partial charge in [-0.2, -0.15) is 0 Å². The SMILES string of the molecule is CC(C)N(CC1CCN(C(=O)C2CC2)C1)C(=O)c1ccc(-c2cccc3cc[nH]c23)cc1.